The lowest BCUT2D eigenvalue weighted by Gasteiger charge is -2.16. The first-order valence-corrected chi connectivity index (χ1v) is 8.07. The van der Waals surface area contributed by atoms with Gasteiger partial charge in [-0.3, -0.25) is 0 Å². The average Bonchev–Trinajstić information content (AvgIpc) is 2.27. The number of hydrogen-bond acceptors (Lipinski definition) is 2. The maximum absolute atomic E-state index is 2.33. The molecule has 0 saturated heterocycles. The number of nitrogens with zero attached hydrogens (tertiary/aromatic N) is 1. The van der Waals surface area contributed by atoms with E-state index in [0.717, 1.165) is 0 Å². The molecule has 0 radical (unpaired) electrons. The monoisotopic (exact) mass is 329 g/mol. The lowest BCUT2D eigenvalue weighted by molar-refractivity contribution is 1.14. The Morgan fingerprint density at radius 1 is 1.00 bits per heavy atom. The second-order valence-corrected chi connectivity index (χ2v) is 5.52. The van der Waals surface area contributed by atoms with E-state index in [-0.39, 0.29) is 0 Å². The molecular weight excluding hydrogens is 317 g/mol. The Balaban J connectivity index is 2.76. The van der Waals surface area contributed by atoms with Gasteiger partial charge in [0, 0.05) is 51.3 Å². The van der Waals surface area contributed by atoms with Crippen LogP contribution in [0.2, 0.25) is 0 Å². The van der Waals surface area contributed by atoms with Crippen LogP contribution in [0.4, 0.5) is 5.69 Å². The number of rotatable bonds is 2. The smallest absolute Gasteiger partial charge is 0.0441 e. The van der Waals surface area contributed by atoms with E-state index in [9.17, 15) is 0 Å². The van der Waals surface area contributed by atoms with E-state index < -0.39 is 0 Å². The van der Waals surface area contributed by atoms with Gasteiger partial charge in [-0.2, -0.15) is 0 Å². The third kappa shape index (κ3) is 2.08. The number of anilines is 1. The molecule has 2 aromatic carbocycles. The van der Waals surface area contributed by atoms with Crippen molar-refractivity contribution in [1.29, 1.82) is 0 Å². The lowest BCUT2D eigenvalue weighted by Crippen LogP contribution is -2.08. The number of hydrogen-bond donors (Lipinski definition) is 0. The summed E-state index contributed by atoms with van der Waals surface area (Å²) in [5.74, 6) is 0. The number of fused-ring (bicyclic) bond motifs is 1. The molecule has 0 fully saturated rings. The molecule has 0 spiro atoms. The average molecular weight is 329 g/mol. The van der Waals surface area contributed by atoms with Crippen LogP contribution in [-0.2, 0) is 0 Å². The van der Waals surface area contributed by atoms with Crippen molar-refractivity contribution < 1.29 is 0 Å². The third-order valence-corrected chi connectivity index (χ3v) is 4.37. The molecule has 0 aliphatic heterocycles. The molecule has 2 aromatic rings. The van der Waals surface area contributed by atoms with Crippen LogP contribution in [-0.4, -0.2) is 14.1 Å². The molecule has 0 saturated carbocycles. The summed E-state index contributed by atoms with van der Waals surface area (Å²) in [6.07, 6.45) is 0. The zero-order chi connectivity index (χ0) is 10.8. The van der Waals surface area contributed by atoms with Crippen LogP contribution in [0, 0.1) is 0 Å². The minimum atomic E-state index is 1.28. The van der Waals surface area contributed by atoms with Gasteiger partial charge in [-0.1, -0.05) is 33.2 Å². The van der Waals surface area contributed by atoms with Gasteiger partial charge in [-0.15, -0.1) is 0 Å². The largest absolute Gasteiger partial charge is 0.377 e. The van der Waals surface area contributed by atoms with Gasteiger partial charge in [0.15, 0.2) is 0 Å². The van der Waals surface area contributed by atoms with E-state index in [1.54, 1.807) is 8.93 Å². The van der Waals surface area contributed by atoms with Crippen molar-refractivity contribution >= 4 is 46.6 Å². The predicted octanol–water partition coefficient (Wildman–Crippen LogP) is 4.35. The van der Waals surface area contributed by atoms with Crippen molar-refractivity contribution in [3.8, 4) is 0 Å². The van der Waals surface area contributed by atoms with E-state index in [2.05, 4.69) is 76.6 Å². The molecule has 15 heavy (non-hydrogen) atoms. The third-order valence-electron chi connectivity index (χ3n) is 2.42. The van der Waals surface area contributed by atoms with E-state index in [1.807, 2.05) is 0 Å². The highest BCUT2D eigenvalue weighted by molar-refractivity contribution is 14.2. The molecule has 0 N–H and O–H groups in total. The summed E-state index contributed by atoms with van der Waals surface area (Å²) >= 11 is 2.33. The van der Waals surface area contributed by atoms with E-state index in [1.165, 1.54) is 21.4 Å². The van der Waals surface area contributed by atoms with Crippen LogP contribution >= 0.6 is 30.1 Å². The molecule has 0 heterocycles. The molecule has 0 aliphatic rings. The fraction of sp³-hybridized carbons (Fsp3) is 0.167. The van der Waals surface area contributed by atoms with Crippen molar-refractivity contribution in [3.05, 3.63) is 36.4 Å². The number of benzene rings is 2. The second-order valence-electron chi connectivity index (χ2n) is 3.60. The molecule has 3 heteroatoms. The van der Waals surface area contributed by atoms with E-state index in [4.69, 9.17) is 0 Å². The minimum absolute atomic E-state index is 1.28. The first-order chi connectivity index (χ1) is 7.24. The summed E-state index contributed by atoms with van der Waals surface area (Å²) in [4.78, 5) is 3.49. The van der Waals surface area contributed by atoms with Gasteiger partial charge in [0.25, 0.3) is 0 Å². The Morgan fingerprint density at radius 3 is 2.33 bits per heavy atom. The summed E-state index contributed by atoms with van der Waals surface area (Å²) in [7, 11) is 5.93. The normalized spacial score (nSPS) is 10.6. The van der Waals surface area contributed by atoms with Crippen LogP contribution in [0.15, 0.2) is 41.3 Å². The second kappa shape index (κ2) is 4.61. The van der Waals surface area contributed by atoms with Crippen molar-refractivity contribution in [2.24, 2.45) is 0 Å². The van der Waals surface area contributed by atoms with Crippen LogP contribution in [0.5, 0.6) is 0 Å². The summed E-state index contributed by atoms with van der Waals surface area (Å²) < 4.78 is 0. The fourth-order valence-corrected chi connectivity index (χ4v) is 3.27. The van der Waals surface area contributed by atoms with Crippen LogP contribution < -0.4 is 4.90 Å². The lowest BCUT2D eigenvalue weighted by atomic mass is 10.1. The number of halogens is 1. The zero-order valence-corrected chi connectivity index (χ0v) is 11.7. The standard InChI is InChI=1S/C12H12INS/c1-14(2)11-7-3-6-10-9(11)5-4-8-12(10)15-13/h3-8H,1-2H3. The molecule has 0 aromatic heterocycles. The van der Waals surface area contributed by atoms with E-state index >= 15 is 0 Å². The van der Waals surface area contributed by atoms with E-state index in [0.29, 0.717) is 0 Å². The zero-order valence-electron chi connectivity index (χ0n) is 8.70. The molecule has 0 bridgehead atoms. The minimum Gasteiger partial charge on any atom is -0.377 e. The molecule has 2 rings (SSSR count). The van der Waals surface area contributed by atoms with Gasteiger partial charge < -0.3 is 4.90 Å². The van der Waals surface area contributed by atoms with Crippen LogP contribution in [0.25, 0.3) is 10.8 Å². The summed E-state index contributed by atoms with van der Waals surface area (Å²) in [5.41, 5.74) is 1.28. The Kier molecular flexibility index (Phi) is 3.41. The molecular formula is C12H12INS. The van der Waals surface area contributed by atoms with Crippen molar-refractivity contribution in [2.45, 2.75) is 4.90 Å². The molecule has 0 unspecified atom stereocenters. The summed E-state index contributed by atoms with van der Waals surface area (Å²) in [5, 5.41) is 2.66. The topological polar surface area (TPSA) is 3.24 Å². The molecule has 0 aliphatic carbocycles. The van der Waals surface area contributed by atoms with Crippen molar-refractivity contribution in [2.75, 3.05) is 19.0 Å². The quantitative estimate of drug-likeness (QED) is 0.754. The fourth-order valence-electron chi connectivity index (χ4n) is 1.72. The maximum Gasteiger partial charge on any atom is 0.0441 e. The molecule has 78 valence electrons. The summed E-state index contributed by atoms with van der Waals surface area (Å²) in [6.45, 7) is 0. The Labute approximate surface area is 106 Å². The van der Waals surface area contributed by atoms with Gasteiger partial charge in [0.2, 0.25) is 0 Å². The first-order valence-electron chi connectivity index (χ1n) is 4.71. The van der Waals surface area contributed by atoms with Crippen molar-refractivity contribution in [1.82, 2.24) is 0 Å². The van der Waals surface area contributed by atoms with Crippen LogP contribution in [0.3, 0.4) is 0 Å². The maximum atomic E-state index is 2.33. The highest BCUT2D eigenvalue weighted by Crippen LogP contribution is 2.35. The Morgan fingerprint density at radius 2 is 1.67 bits per heavy atom. The Hall–Kier alpha value is -0.420. The summed E-state index contributed by atoms with van der Waals surface area (Å²) in [6, 6.07) is 12.9. The highest BCUT2D eigenvalue weighted by atomic mass is 127. The van der Waals surface area contributed by atoms with Gasteiger partial charge in [-0.05, 0) is 17.5 Å². The van der Waals surface area contributed by atoms with Gasteiger partial charge in [0.05, 0.1) is 0 Å². The van der Waals surface area contributed by atoms with Gasteiger partial charge >= 0.3 is 0 Å². The van der Waals surface area contributed by atoms with Crippen molar-refractivity contribution in [3.63, 3.8) is 0 Å². The van der Waals surface area contributed by atoms with Crippen LogP contribution in [0.1, 0.15) is 0 Å². The van der Waals surface area contributed by atoms with Gasteiger partial charge in [-0.25, -0.2) is 0 Å². The first kappa shape index (κ1) is 11.1. The SMILES string of the molecule is CN(C)c1cccc2c(SI)cccc12. The Bertz CT molecular complexity index is 482. The molecule has 1 nitrogen and oxygen atoms in total. The molecule has 0 atom stereocenters. The predicted molar refractivity (Wildman–Crippen MR) is 78.2 cm³/mol. The highest BCUT2D eigenvalue weighted by Gasteiger charge is 2.05. The van der Waals surface area contributed by atoms with Gasteiger partial charge in [0.1, 0.15) is 0 Å². The molecule has 0 amide bonds.